The molecule has 17 heavy (non-hydrogen) atoms. The first-order chi connectivity index (χ1) is 8.24. The molecule has 0 radical (unpaired) electrons. The number of hydrogen-bond acceptors (Lipinski definition) is 2. The van der Waals surface area contributed by atoms with Gasteiger partial charge in [0, 0.05) is 5.41 Å². The van der Waals surface area contributed by atoms with E-state index in [0.717, 1.165) is 18.5 Å². The van der Waals surface area contributed by atoms with Crippen LogP contribution in [0.4, 0.5) is 4.39 Å². The van der Waals surface area contributed by atoms with Gasteiger partial charge in [0.25, 0.3) is 0 Å². The Labute approximate surface area is 102 Å². The van der Waals surface area contributed by atoms with Gasteiger partial charge in [-0.2, -0.15) is 0 Å². The normalized spacial score (nSPS) is 19.7. The SMILES string of the molecule is CCC(CNC)C1(c2ccccc2F)COC1. The summed E-state index contributed by atoms with van der Waals surface area (Å²) in [6.45, 7) is 4.32. The highest BCUT2D eigenvalue weighted by atomic mass is 19.1. The Morgan fingerprint density at radius 1 is 1.41 bits per heavy atom. The number of nitrogens with one attached hydrogen (secondary N) is 1. The summed E-state index contributed by atoms with van der Waals surface area (Å²) in [5.74, 6) is 0.309. The zero-order chi connectivity index (χ0) is 12.3. The summed E-state index contributed by atoms with van der Waals surface area (Å²) in [6, 6.07) is 7.09. The molecule has 0 saturated carbocycles. The van der Waals surface area contributed by atoms with E-state index in [-0.39, 0.29) is 11.2 Å². The van der Waals surface area contributed by atoms with Crippen LogP contribution in [0.15, 0.2) is 24.3 Å². The molecule has 0 bridgehead atoms. The van der Waals surface area contributed by atoms with Crippen LogP contribution in [0.25, 0.3) is 0 Å². The van der Waals surface area contributed by atoms with Crippen molar-refractivity contribution in [3.05, 3.63) is 35.6 Å². The maximum Gasteiger partial charge on any atom is 0.127 e. The van der Waals surface area contributed by atoms with Gasteiger partial charge in [-0.25, -0.2) is 4.39 Å². The minimum Gasteiger partial charge on any atom is -0.379 e. The van der Waals surface area contributed by atoms with Crippen LogP contribution in [0, 0.1) is 11.7 Å². The van der Waals surface area contributed by atoms with Crippen molar-refractivity contribution in [3.8, 4) is 0 Å². The van der Waals surface area contributed by atoms with E-state index in [1.165, 1.54) is 0 Å². The molecule has 1 fully saturated rings. The Hall–Kier alpha value is -0.930. The quantitative estimate of drug-likeness (QED) is 0.848. The van der Waals surface area contributed by atoms with E-state index in [9.17, 15) is 4.39 Å². The highest BCUT2D eigenvalue weighted by molar-refractivity contribution is 5.31. The van der Waals surface area contributed by atoms with Crippen molar-refractivity contribution in [3.63, 3.8) is 0 Å². The Morgan fingerprint density at radius 3 is 2.59 bits per heavy atom. The first-order valence-corrected chi connectivity index (χ1v) is 6.22. The van der Waals surface area contributed by atoms with Gasteiger partial charge in [-0.1, -0.05) is 31.5 Å². The van der Waals surface area contributed by atoms with E-state index < -0.39 is 0 Å². The second kappa shape index (κ2) is 5.15. The molecule has 1 unspecified atom stereocenters. The molecule has 0 amide bonds. The minimum absolute atomic E-state index is 0.106. The molecule has 2 nitrogen and oxygen atoms in total. The van der Waals surface area contributed by atoms with Crippen LogP contribution in [0.1, 0.15) is 18.9 Å². The molecule has 1 aliphatic heterocycles. The highest BCUT2D eigenvalue weighted by Gasteiger charge is 2.47. The molecule has 1 N–H and O–H groups in total. The zero-order valence-corrected chi connectivity index (χ0v) is 10.5. The summed E-state index contributed by atoms with van der Waals surface area (Å²) in [6.07, 6.45) is 1.03. The van der Waals surface area contributed by atoms with Crippen LogP contribution in [0.5, 0.6) is 0 Å². The molecule has 0 spiro atoms. The molecule has 0 aliphatic carbocycles. The smallest absolute Gasteiger partial charge is 0.127 e. The first-order valence-electron chi connectivity index (χ1n) is 6.22. The van der Waals surface area contributed by atoms with Crippen molar-refractivity contribution in [2.45, 2.75) is 18.8 Å². The van der Waals surface area contributed by atoms with Crippen molar-refractivity contribution in [1.82, 2.24) is 5.32 Å². The number of ether oxygens (including phenoxy) is 1. The van der Waals surface area contributed by atoms with E-state index in [1.54, 1.807) is 12.1 Å². The maximum absolute atomic E-state index is 14.0. The molecule has 0 aromatic heterocycles. The predicted octanol–water partition coefficient (Wildman–Crippen LogP) is 2.34. The fourth-order valence-corrected chi connectivity index (χ4v) is 2.77. The van der Waals surface area contributed by atoms with E-state index in [2.05, 4.69) is 12.2 Å². The van der Waals surface area contributed by atoms with Gasteiger partial charge in [0.15, 0.2) is 0 Å². The fourth-order valence-electron chi connectivity index (χ4n) is 2.77. The van der Waals surface area contributed by atoms with Crippen LogP contribution in [-0.2, 0) is 10.2 Å². The lowest BCUT2D eigenvalue weighted by atomic mass is 9.67. The summed E-state index contributed by atoms with van der Waals surface area (Å²) in [7, 11) is 1.94. The fraction of sp³-hybridized carbons (Fsp3) is 0.571. The summed E-state index contributed by atoms with van der Waals surface area (Å²) >= 11 is 0. The maximum atomic E-state index is 14.0. The molecule has 1 aliphatic rings. The number of benzene rings is 1. The average molecular weight is 237 g/mol. The molecule has 1 atom stereocenters. The summed E-state index contributed by atoms with van der Waals surface area (Å²) in [5, 5.41) is 3.20. The lowest BCUT2D eigenvalue weighted by Crippen LogP contribution is -2.55. The van der Waals surface area contributed by atoms with Crippen LogP contribution in [-0.4, -0.2) is 26.8 Å². The number of halogens is 1. The van der Waals surface area contributed by atoms with Crippen LogP contribution < -0.4 is 5.32 Å². The Morgan fingerprint density at radius 2 is 2.12 bits per heavy atom. The highest BCUT2D eigenvalue weighted by Crippen LogP contribution is 2.41. The lowest BCUT2D eigenvalue weighted by Gasteiger charge is -2.47. The van der Waals surface area contributed by atoms with Gasteiger partial charge in [-0.3, -0.25) is 0 Å². The number of hydrogen-bond donors (Lipinski definition) is 1. The van der Waals surface area contributed by atoms with Gasteiger partial charge in [0.2, 0.25) is 0 Å². The van der Waals surface area contributed by atoms with Gasteiger partial charge >= 0.3 is 0 Å². The molecule has 2 rings (SSSR count). The zero-order valence-electron chi connectivity index (χ0n) is 10.5. The molecule has 1 saturated heterocycles. The van der Waals surface area contributed by atoms with Crippen LogP contribution in [0.2, 0.25) is 0 Å². The largest absolute Gasteiger partial charge is 0.379 e. The second-order valence-corrected chi connectivity index (χ2v) is 4.79. The van der Waals surface area contributed by atoms with Crippen molar-refractivity contribution in [1.29, 1.82) is 0 Å². The van der Waals surface area contributed by atoms with E-state index in [1.807, 2.05) is 19.2 Å². The summed E-state index contributed by atoms with van der Waals surface area (Å²) < 4.78 is 19.3. The Balaban J connectivity index is 2.34. The number of rotatable bonds is 5. The summed E-state index contributed by atoms with van der Waals surface area (Å²) in [5.41, 5.74) is 0.677. The van der Waals surface area contributed by atoms with Crippen LogP contribution >= 0.6 is 0 Å². The summed E-state index contributed by atoms with van der Waals surface area (Å²) in [4.78, 5) is 0. The van der Waals surface area contributed by atoms with Gasteiger partial charge in [0.1, 0.15) is 5.82 Å². The molecular weight excluding hydrogens is 217 g/mol. The third-order valence-electron chi connectivity index (χ3n) is 3.85. The molecular formula is C14H20FNO. The van der Waals surface area contributed by atoms with Crippen LogP contribution in [0.3, 0.4) is 0 Å². The van der Waals surface area contributed by atoms with Gasteiger partial charge in [0.05, 0.1) is 13.2 Å². The van der Waals surface area contributed by atoms with Crippen molar-refractivity contribution < 1.29 is 9.13 Å². The van der Waals surface area contributed by atoms with E-state index in [0.29, 0.717) is 19.1 Å². The average Bonchev–Trinajstić information content (AvgIpc) is 2.28. The van der Waals surface area contributed by atoms with E-state index in [4.69, 9.17) is 4.74 Å². The van der Waals surface area contributed by atoms with Crippen molar-refractivity contribution in [2.75, 3.05) is 26.8 Å². The molecule has 1 aromatic rings. The van der Waals surface area contributed by atoms with Crippen molar-refractivity contribution >= 4 is 0 Å². The van der Waals surface area contributed by atoms with Gasteiger partial charge < -0.3 is 10.1 Å². The topological polar surface area (TPSA) is 21.3 Å². The lowest BCUT2D eigenvalue weighted by molar-refractivity contribution is -0.0925. The minimum atomic E-state index is -0.136. The Bertz CT molecular complexity index is 376. The predicted molar refractivity (Wildman–Crippen MR) is 66.6 cm³/mol. The first kappa shape index (κ1) is 12.5. The molecule has 1 heterocycles. The third-order valence-corrected chi connectivity index (χ3v) is 3.85. The molecule has 3 heteroatoms. The Kier molecular flexibility index (Phi) is 3.79. The van der Waals surface area contributed by atoms with Gasteiger partial charge in [-0.15, -0.1) is 0 Å². The molecule has 94 valence electrons. The van der Waals surface area contributed by atoms with Crippen molar-refractivity contribution in [2.24, 2.45) is 5.92 Å². The third kappa shape index (κ3) is 2.09. The molecule has 1 aromatic carbocycles. The second-order valence-electron chi connectivity index (χ2n) is 4.79. The van der Waals surface area contributed by atoms with Gasteiger partial charge in [-0.05, 0) is 31.1 Å². The standard InChI is InChI=1S/C14H20FNO/c1-3-11(8-16-2)14(9-17-10-14)12-6-4-5-7-13(12)15/h4-7,11,16H,3,8-10H2,1-2H3. The van der Waals surface area contributed by atoms with E-state index >= 15 is 0 Å². The monoisotopic (exact) mass is 237 g/mol.